The summed E-state index contributed by atoms with van der Waals surface area (Å²) in [6, 6.07) is 7.59. The number of aryl methyl sites for hydroxylation is 1. The van der Waals surface area contributed by atoms with Crippen molar-refractivity contribution >= 4 is 35.7 Å². The number of pyridine rings is 1. The van der Waals surface area contributed by atoms with E-state index >= 15 is 0 Å². The topological polar surface area (TPSA) is 132 Å². The summed E-state index contributed by atoms with van der Waals surface area (Å²) >= 11 is 0. The predicted molar refractivity (Wildman–Crippen MR) is 126 cm³/mol. The molecule has 10 nitrogen and oxygen atoms in total. The lowest BCUT2D eigenvalue weighted by Gasteiger charge is -2.37. The maximum Gasteiger partial charge on any atom is 0.210 e. The molecule has 168 valence electrons. The highest BCUT2D eigenvalue weighted by Gasteiger charge is 2.45. The molecule has 0 radical (unpaired) electrons. The third kappa shape index (κ3) is 3.42. The molecule has 3 aromatic heterocycles. The Balaban J connectivity index is 1.47. The van der Waals surface area contributed by atoms with Crippen LogP contribution in [0.25, 0.3) is 5.57 Å². The Bertz CT molecular complexity index is 1320. The van der Waals surface area contributed by atoms with Gasteiger partial charge in [0.2, 0.25) is 5.95 Å². The number of aliphatic imine (C=N–C) groups is 1. The Hall–Kier alpha value is -4.13. The molecule has 1 aliphatic carbocycles. The van der Waals surface area contributed by atoms with Gasteiger partial charge in [-0.3, -0.25) is 4.68 Å². The molecule has 0 aromatic carbocycles. The quantitative estimate of drug-likeness (QED) is 0.336. The number of nitriles is 1. The highest BCUT2D eigenvalue weighted by Crippen LogP contribution is 2.50. The Kier molecular flexibility index (Phi) is 4.89. The van der Waals surface area contributed by atoms with Crippen molar-refractivity contribution < 1.29 is 4.74 Å². The summed E-state index contributed by atoms with van der Waals surface area (Å²) in [7, 11) is 1.81. The molecule has 0 atom stereocenters. The molecule has 0 amide bonds. The van der Waals surface area contributed by atoms with Crippen molar-refractivity contribution in [2.24, 2.45) is 12.0 Å². The van der Waals surface area contributed by atoms with Crippen LogP contribution in [0.5, 0.6) is 5.75 Å². The molecule has 5 rings (SSSR count). The first-order valence-electron chi connectivity index (χ1n) is 10.8. The minimum Gasteiger partial charge on any atom is -0.460 e. The molecule has 1 saturated carbocycles. The van der Waals surface area contributed by atoms with Crippen LogP contribution in [0.3, 0.4) is 0 Å². The summed E-state index contributed by atoms with van der Waals surface area (Å²) < 4.78 is 9.72. The van der Waals surface area contributed by atoms with Crippen LogP contribution in [0, 0.1) is 11.3 Å². The number of nitrogen functional groups attached to an aromatic ring is 1. The van der Waals surface area contributed by atoms with E-state index in [1.54, 1.807) is 29.8 Å². The third-order valence-corrected chi connectivity index (χ3v) is 6.63. The first-order chi connectivity index (χ1) is 15.9. The van der Waals surface area contributed by atoms with Gasteiger partial charge in [-0.2, -0.15) is 15.3 Å². The van der Waals surface area contributed by atoms with E-state index in [1.807, 2.05) is 7.05 Å². The number of nitrogens with zero attached hydrogens (tertiary/aromatic N) is 7. The standard InChI is InChI=1S/C23H25N9O/c1-14(33-15-5-9-27-18(25)11-15)16(13-24)20-21(26-2)29-22(31(20)3)28-19-12-17-23(6-4-7-23)8-10-32(17)30-19/h5,9,11-12H,2,4,6-8,10H2,1,3H3,(H2,25,27)(H,28,29,30)/b16-14+. The Morgan fingerprint density at radius 2 is 2.18 bits per heavy atom. The van der Waals surface area contributed by atoms with Crippen LogP contribution in [-0.4, -0.2) is 31.0 Å². The molecule has 1 spiro atoms. The number of ether oxygens (including phenoxy) is 1. The fourth-order valence-electron chi connectivity index (χ4n) is 4.75. The molecule has 4 heterocycles. The predicted octanol–water partition coefficient (Wildman–Crippen LogP) is 3.83. The molecule has 0 saturated heterocycles. The third-order valence-electron chi connectivity index (χ3n) is 6.63. The van der Waals surface area contributed by atoms with Crippen molar-refractivity contribution in [3.8, 4) is 11.8 Å². The minimum absolute atomic E-state index is 0.289. The number of anilines is 3. The van der Waals surface area contributed by atoms with Crippen LogP contribution in [0.1, 0.15) is 44.0 Å². The highest BCUT2D eigenvalue weighted by molar-refractivity contribution is 5.83. The normalized spacial score (nSPS) is 16.5. The molecule has 3 N–H and O–H groups in total. The molecule has 1 aliphatic heterocycles. The lowest BCUT2D eigenvalue weighted by molar-refractivity contribution is 0.244. The number of hydrogen-bond donors (Lipinski definition) is 2. The zero-order chi connectivity index (χ0) is 23.2. The molecule has 10 heteroatoms. The SMILES string of the molecule is C=Nc1nc(Nc2cc3n(n2)CCC32CCC2)n(C)c1/C(C#N)=C(\C)Oc1ccnc(N)c1. The monoisotopic (exact) mass is 443 g/mol. The average molecular weight is 444 g/mol. The van der Waals surface area contributed by atoms with Gasteiger partial charge in [0.1, 0.15) is 34.7 Å². The van der Waals surface area contributed by atoms with Gasteiger partial charge in [-0.15, -0.1) is 0 Å². The van der Waals surface area contributed by atoms with E-state index in [4.69, 9.17) is 15.6 Å². The van der Waals surface area contributed by atoms with Gasteiger partial charge < -0.3 is 20.4 Å². The second-order valence-electron chi connectivity index (χ2n) is 8.53. The van der Waals surface area contributed by atoms with E-state index in [2.05, 4.69) is 43.8 Å². The van der Waals surface area contributed by atoms with E-state index < -0.39 is 0 Å². The number of rotatable bonds is 6. The van der Waals surface area contributed by atoms with Crippen molar-refractivity contribution in [2.45, 2.75) is 44.6 Å². The number of fused-ring (bicyclic) bond motifs is 2. The molecule has 0 unspecified atom stereocenters. The van der Waals surface area contributed by atoms with Gasteiger partial charge in [-0.25, -0.2) is 9.98 Å². The highest BCUT2D eigenvalue weighted by atomic mass is 16.5. The van der Waals surface area contributed by atoms with Crippen LogP contribution in [0.2, 0.25) is 0 Å². The van der Waals surface area contributed by atoms with Crippen molar-refractivity contribution in [3.05, 3.63) is 41.5 Å². The largest absolute Gasteiger partial charge is 0.460 e. The van der Waals surface area contributed by atoms with Crippen molar-refractivity contribution in [3.63, 3.8) is 0 Å². The number of allylic oxidation sites excluding steroid dienone is 2. The molecular formula is C23H25N9O. The molecule has 1 fully saturated rings. The van der Waals surface area contributed by atoms with Gasteiger partial charge in [0.15, 0.2) is 11.6 Å². The Labute approximate surface area is 191 Å². The summed E-state index contributed by atoms with van der Waals surface area (Å²) in [5, 5.41) is 17.9. The van der Waals surface area contributed by atoms with Crippen molar-refractivity contribution in [1.29, 1.82) is 5.26 Å². The van der Waals surface area contributed by atoms with E-state index in [0.29, 0.717) is 40.2 Å². The van der Waals surface area contributed by atoms with Crippen molar-refractivity contribution in [2.75, 3.05) is 11.1 Å². The van der Waals surface area contributed by atoms with Gasteiger partial charge in [0.25, 0.3) is 0 Å². The fraction of sp³-hybridized carbons (Fsp3) is 0.348. The van der Waals surface area contributed by atoms with Gasteiger partial charge in [-0.1, -0.05) is 6.42 Å². The van der Waals surface area contributed by atoms with Gasteiger partial charge in [0.05, 0.1) is 0 Å². The van der Waals surface area contributed by atoms with Crippen LogP contribution in [0.15, 0.2) is 35.1 Å². The maximum absolute atomic E-state index is 9.93. The van der Waals surface area contributed by atoms with Crippen molar-refractivity contribution in [1.82, 2.24) is 24.3 Å². The number of aromatic nitrogens is 5. The number of imidazole rings is 1. The van der Waals surface area contributed by atoms with Gasteiger partial charge in [0, 0.05) is 43.0 Å². The molecular weight excluding hydrogens is 418 g/mol. The zero-order valence-electron chi connectivity index (χ0n) is 18.7. The molecule has 3 aromatic rings. The van der Waals surface area contributed by atoms with E-state index in [-0.39, 0.29) is 5.57 Å². The molecule has 33 heavy (non-hydrogen) atoms. The zero-order valence-corrected chi connectivity index (χ0v) is 18.7. The molecule has 0 bridgehead atoms. The summed E-state index contributed by atoms with van der Waals surface area (Å²) in [5.41, 5.74) is 8.11. The maximum atomic E-state index is 9.93. The lowest BCUT2D eigenvalue weighted by atomic mass is 9.66. The minimum atomic E-state index is 0.289. The average Bonchev–Trinajstić information content (AvgIpc) is 3.41. The van der Waals surface area contributed by atoms with Crippen LogP contribution in [-0.2, 0) is 19.0 Å². The number of nitrogens with one attached hydrogen (secondary N) is 1. The van der Waals surface area contributed by atoms with E-state index in [1.165, 1.54) is 31.4 Å². The fourth-order valence-corrected chi connectivity index (χ4v) is 4.75. The van der Waals surface area contributed by atoms with Gasteiger partial charge >= 0.3 is 0 Å². The second kappa shape index (κ2) is 7.78. The van der Waals surface area contributed by atoms with E-state index in [9.17, 15) is 5.26 Å². The summed E-state index contributed by atoms with van der Waals surface area (Å²) in [4.78, 5) is 12.5. The number of nitrogens with two attached hydrogens (primary N) is 1. The lowest BCUT2D eigenvalue weighted by Crippen LogP contribution is -2.31. The van der Waals surface area contributed by atoms with Gasteiger partial charge in [-0.05, 0) is 39.0 Å². The van der Waals surface area contributed by atoms with Crippen LogP contribution in [0.4, 0.5) is 23.4 Å². The first kappa shape index (κ1) is 20.8. The first-order valence-corrected chi connectivity index (χ1v) is 10.8. The number of hydrogen-bond acceptors (Lipinski definition) is 8. The summed E-state index contributed by atoms with van der Waals surface area (Å²) in [6.07, 6.45) is 6.46. The van der Waals surface area contributed by atoms with Crippen LogP contribution >= 0.6 is 0 Å². The Morgan fingerprint density at radius 1 is 1.36 bits per heavy atom. The molecule has 2 aliphatic rings. The van der Waals surface area contributed by atoms with Crippen LogP contribution < -0.4 is 15.8 Å². The summed E-state index contributed by atoms with van der Waals surface area (Å²) in [6.45, 7) is 6.28. The smallest absolute Gasteiger partial charge is 0.210 e. The second-order valence-corrected chi connectivity index (χ2v) is 8.53. The van der Waals surface area contributed by atoms with E-state index in [0.717, 1.165) is 12.4 Å². The summed E-state index contributed by atoms with van der Waals surface area (Å²) in [5.74, 6) is 2.77. The Morgan fingerprint density at radius 3 is 2.85 bits per heavy atom.